The molecule has 3 aliphatic heterocycles. The fourth-order valence-electron chi connectivity index (χ4n) is 8.13. The number of ether oxygens (including phenoxy) is 1. The Morgan fingerprint density at radius 3 is 2.47 bits per heavy atom. The lowest BCUT2D eigenvalue weighted by Gasteiger charge is -2.34. The SMILES string of the molecule is COC1CN(C)C(=O)C2CC(CN2c2nc(N3CCN(C)CC3)nc3c2cnn3-c2ccc(F)cc2)Nc2cccc(n2)-c2cc(F)cc3nc(C)n(c23)C1. The van der Waals surface area contributed by atoms with Crippen LogP contribution in [-0.4, -0.2) is 129 Å². The summed E-state index contributed by atoms with van der Waals surface area (Å²) in [5.74, 6) is 1.60. The summed E-state index contributed by atoms with van der Waals surface area (Å²) in [4.78, 5) is 42.9. The van der Waals surface area contributed by atoms with E-state index >= 15 is 4.39 Å². The Balaban J connectivity index is 1.16. The summed E-state index contributed by atoms with van der Waals surface area (Å²) in [6.07, 6.45) is 1.78. The van der Waals surface area contributed by atoms with Crippen LogP contribution < -0.4 is 15.1 Å². The third-order valence-corrected chi connectivity index (χ3v) is 11.1. The number of hydrogen-bond acceptors (Lipinski definition) is 11. The van der Waals surface area contributed by atoms with Crippen LogP contribution in [-0.2, 0) is 16.1 Å². The van der Waals surface area contributed by atoms with E-state index in [2.05, 4.69) is 27.1 Å². The topological polar surface area (TPSA) is 126 Å². The number of anilines is 3. The number of carbonyl (C=O) groups excluding carboxylic acids is 1. The van der Waals surface area contributed by atoms with Gasteiger partial charge in [-0.1, -0.05) is 6.07 Å². The maximum absolute atomic E-state index is 15.1. The monoisotopic (exact) mass is 748 g/mol. The summed E-state index contributed by atoms with van der Waals surface area (Å²) in [6, 6.07) is 13.9. The van der Waals surface area contributed by atoms with Gasteiger partial charge in [0, 0.05) is 71.1 Å². The molecule has 2 saturated heterocycles. The number of benzene rings is 2. The number of nitrogens with zero attached hydrogens (tertiary/aromatic N) is 11. The molecule has 4 aromatic heterocycles. The zero-order valence-electron chi connectivity index (χ0n) is 31.2. The van der Waals surface area contributed by atoms with Gasteiger partial charge in [0.05, 0.1) is 46.6 Å². The smallest absolute Gasteiger partial charge is 0.245 e. The second kappa shape index (κ2) is 13.8. The van der Waals surface area contributed by atoms with Crippen LogP contribution in [0.3, 0.4) is 0 Å². The number of halogens is 2. The van der Waals surface area contributed by atoms with Crippen LogP contribution in [0.2, 0.25) is 0 Å². The molecule has 4 bridgehead atoms. The minimum Gasteiger partial charge on any atom is -0.378 e. The molecule has 0 radical (unpaired) electrons. The van der Waals surface area contributed by atoms with Crippen LogP contribution in [0, 0.1) is 18.6 Å². The number of aromatic nitrogens is 7. The lowest BCUT2D eigenvalue weighted by Crippen LogP contribution is -2.48. The maximum Gasteiger partial charge on any atom is 0.245 e. The molecular weight excluding hydrogens is 707 g/mol. The first-order chi connectivity index (χ1) is 26.6. The van der Waals surface area contributed by atoms with Crippen LogP contribution in [0.25, 0.3) is 39.0 Å². The molecule has 14 nitrogen and oxygen atoms in total. The Kier molecular flexibility index (Phi) is 8.80. The average molecular weight is 749 g/mol. The first kappa shape index (κ1) is 35.0. The molecule has 9 rings (SSSR count). The molecule has 0 aliphatic carbocycles. The molecular formula is C39H42F2N12O2. The van der Waals surface area contributed by atoms with Crippen molar-refractivity contribution in [3.05, 3.63) is 78.3 Å². The number of aryl methyl sites for hydroxylation is 1. The van der Waals surface area contributed by atoms with Gasteiger partial charge in [-0.05, 0) is 62.9 Å². The number of amides is 1. The minimum atomic E-state index is -0.603. The third-order valence-electron chi connectivity index (χ3n) is 11.1. The third kappa shape index (κ3) is 6.38. The van der Waals surface area contributed by atoms with Crippen molar-refractivity contribution in [2.24, 2.45) is 0 Å². The second-order valence-electron chi connectivity index (χ2n) is 14.7. The van der Waals surface area contributed by atoms with Crippen LogP contribution in [0.1, 0.15) is 12.2 Å². The molecule has 3 unspecified atom stereocenters. The molecule has 0 saturated carbocycles. The Bertz CT molecular complexity index is 2410. The van der Waals surface area contributed by atoms with Gasteiger partial charge >= 0.3 is 0 Å². The Labute approximate surface area is 316 Å². The number of imidazole rings is 1. The lowest BCUT2D eigenvalue weighted by atomic mass is 10.1. The summed E-state index contributed by atoms with van der Waals surface area (Å²) in [6.45, 7) is 6.16. The molecule has 3 atom stereocenters. The number of likely N-dealkylation sites (N-methyl/N-ethyl adjacent to an activating group) is 2. The van der Waals surface area contributed by atoms with E-state index in [1.807, 2.05) is 29.7 Å². The molecule has 6 aromatic rings. The van der Waals surface area contributed by atoms with Gasteiger partial charge in [-0.2, -0.15) is 15.1 Å². The Morgan fingerprint density at radius 2 is 1.69 bits per heavy atom. The highest BCUT2D eigenvalue weighted by Crippen LogP contribution is 2.36. The molecule has 55 heavy (non-hydrogen) atoms. The van der Waals surface area contributed by atoms with E-state index < -0.39 is 18.0 Å². The highest BCUT2D eigenvalue weighted by Gasteiger charge is 2.41. The molecule has 284 valence electrons. The van der Waals surface area contributed by atoms with E-state index in [4.69, 9.17) is 29.8 Å². The second-order valence-corrected chi connectivity index (χ2v) is 14.7. The number of carbonyl (C=O) groups is 1. The highest BCUT2D eigenvalue weighted by atomic mass is 19.1. The number of hydrogen-bond donors (Lipinski definition) is 1. The quantitative estimate of drug-likeness (QED) is 0.280. The summed E-state index contributed by atoms with van der Waals surface area (Å²) in [5.41, 5.74) is 3.72. The predicted molar refractivity (Wildman–Crippen MR) is 206 cm³/mol. The molecule has 1 N–H and O–H groups in total. The number of methoxy groups -OCH3 is 1. The van der Waals surface area contributed by atoms with E-state index in [9.17, 15) is 9.18 Å². The molecule has 0 spiro atoms. The fourth-order valence-corrected chi connectivity index (χ4v) is 8.13. The van der Waals surface area contributed by atoms with Gasteiger partial charge in [-0.15, -0.1) is 0 Å². The normalized spacial score (nSPS) is 20.9. The van der Waals surface area contributed by atoms with Gasteiger partial charge in [0.25, 0.3) is 0 Å². The summed E-state index contributed by atoms with van der Waals surface area (Å²) in [5, 5.41) is 8.98. The van der Waals surface area contributed by atoms with Crippen LogP contribution in [0.5, 0.6) is 0 Å². The summed E-state index contributed by atoms with van der Waals surface area (Å²) in [7, 11) is 5.53. The molecule has 7 heterocycles. The van der Waals surface area contributed by atoms with Gasteiger partial charge in [0.15, 0.2) is 5.65 Å². The number of nitrogens with one attached hydrogen (secondary N) is 1. The van der Waals surface area contributed by atoms with Crippen molar-refractivity contribution in [3.63, 3.8) is 0 Å². The van der Waals surface area contributed by atoms with Crippen molar-refractivity contribution in [2.45, 2.75) is 38.1 Å². The van der Waals surface area contributed by atoms with Gasteiger partial charge in [0.2, 0.25) is 11.9 Å². The molecule has 2 fully saturated rings. The average Bonchev–Trinajstić information content (AvgIpc) is 3.89. The standard InChI is InChI=1S/C39H42F2N12O2/c1-23-43-32-17-25(41)16-29-31-6-5-7-34(45-31)44-26-18-33(38(54)49(3)21-28(55-4)22-51(23)35(29)32)52(20-26)36-30-19-42-53(27-10-8-24(40)9-11-27)37(30)47-39(46-36)50-14-12-48(2)13-15-50/h5-11,16-17,19,26,28,33H,12-15,18,20-22H2,1-4H3,(H,44,45). The Hall–Kier alpha value is -5.74. The largest absolute Gasteiger partial charge is 0.378 e. The Morgan fingerprint density at radius 1 is 0.891 bits per heavy atom. The number of fused-ring (bicyclic) bond motifs is 6. The van der Waals surface area contributed by atoms with E-state index in [0.717, 1.165) is 31.7 Å². The minimum absolute atomic E-state index is 0.0864. The van der Waals surface area contributed by atoms with Crippen LogP contribution in [0.15, 0.2) is 60.8 Å². The fraction of sp³-hybridized carbons (Fsp3) is 0.385. The van der Waals surface area contributed by atoms with Crippen molar-refractivity contribution in [2.75, 3.05) is 75.6 Å². The summed E-state index contributed by atoms with van der Waals surface area (Å²) >= 11 is 0. The zero-order chi connectivity index (χ0) is 38.0. The molecule has 16 heteroatoms. The number of piperazine rings is 1. The zero-order valence-corrected chi connectivity index (χ0v) is 31.2. The maximum atomic E-state index is 15.1. The van der Waals surface area contributed by atoms with E-state index in [0.29, 0.717) is 83.0 Å². The molecule has 2 aromatic carbocycles. The van der Waals surface area contributed by atoms with Gasteiger partial charge in [0.1, 0.15) is 35.1 Å². The lowest BCUT2D eigenvalue weighted by molar-refractivity contribution is -0.132. The van der Waals surface area contributed by atoms with Crippen LogP contribution in [0.4, 0.5) is 26.4 Å². The number of pyridine rings is 1. The first-order valence-corrected chi connectivity index (χ1v) is 18.5. The van der Waals surface area contributed by atoms with Gasteiger partial charge in [-0.3, -0.25) is 4.79 Å². The molecule has 3 aliphatic rings. The van der Waals surface area contributed by atoms with Crippen molar-refractivity contribution >= 4 is 45.6 Å². The van der Waals surface area contributed by atoms with Crippen molar-refractivity contribution in [1.29, 1.82) is 0 Å². The van der Waals surface area contributed by atoms with Gasteiger partial charge < -0.3 is 34.2 Å². The van der Waals surface area contributed by atoms with Crippen molar-refractivity contribution < 1.29 is 18.3 Å². The van der Waals surface area contributed by atoms with E-state index in [1.165, 1.54) is 24.3 Å². The first-order valence-electron chi connectivity index (χ1n) is 18.5. The molecule has 1 amide bonds. The van der Waals surface area contributed by atoms with E-state index in [1.54, 1.807) is 42.1 Å². The van der Waals surface area contributed by atoms with Crippen LogP contribution >= 0.6 is 0 Å². The van der Waals surface area contributed by atoms with Gasteiger partial charge in [-0.25, -0.2) is 23.4 Å². The predicted octanol–water partition coefficient (Wildman–Crippen LogP) is 4.11. The van der Waals surface area contributed by atoms with Crippen molar-refractivity contribution in [3.8, 4) is 16.9 Å². The summed E-state index contributed by atoms with van der Waals surface area (Å²) < 4.78 is 38.8. The number of rotatable bonds is 4. The van der Waals surface area contributed by atoms with Crippen molar-refractivity contribution in [1.82, 2.24) is 44.1 Å². The highest BCUT2D eigenvalue weighted by molar-refractivity contribution is 5.94. The van der Waals surface area contributed by atoms with E-state index in [-0.39, 0.29) is 17.8 Å².